The number of aromatic nitrogens is 4. The molecule has 0 spiro atoms. The minimum absolute atomic E-state index is 0.199. The van der Waals surface area contributed by atoms with Crippen molar-refractivity contribution in [3.8, 4) is 0 Å². The van der Waals surface area contributed by atoms with Crippen LogP contribution in [0.3, 0.4) is 0 Å². The van der Waals surface area contributed by atoms with Crippen LogP contribution in [0.2, 0.25) is 10.0 Å². The first-order valence-corrected chi connectivity index (χ1v) is 10.5. The number of carbonyl (C=O) groups is 1. The summed E-state index contributed by atoms with van der Waals surface area (Å²) in [6.07, 6.45) is 3.42. The van der Waals surface area contributed by atoms with Crippen molar-refractivity contribution < 1.29 is 4.79 Å². The highest BCUT2D eigenvalue weighted by Gasteiger charge is 2.12. The molecule has 0 unspecified atom stereocenters. The Morgan fingerprint density at radius 2 is 1.77 bits per heavy atom. The second-order valence-corrected chi connectivity index (χ2v) is 8.17. The van der Waals surface area contributed by atoms with E-state index in [4.69, 9.17) is 23.2 Å². The van der Waals surface area contributed by atoms with Gasteiger partial charge in [0.2, 0.25) is 0 Å². The molecule has 0 saturated heterocycles. The molecular weight excluding hydrogens is 433 g/mol. The normalized spacial score (nSPS) is 11.0. The van der Waals surface area contributed by atoms with E-state index in [2.05, 4.69) is 15.5 Å². The molecule has 158 valence electrons. The third-order valence-electron chi connectivity index (χ3n) is 4.94. The van der Waals surface area contributed by atoms with E-state index in [-0.39, 0.29) is 5.91 Å². The van der Waals surface area contributed by atoms with Gasteiger partial charge in [-0.05, 0) is 49.2 Å². The van der Waals surface area contributed by atoms with Crippen LogP contribution in [0.25, 0.3) is 0 Å². The predicted molar refractivity (Wildman–Crippen MR) is 123 cm³/mol. The van der Waals surface area contributed by atoms with Crippen molar-refractivity contribution in [2.75, 3.05) is 5.32 Å². The van der Waals surface area contributed by atoms with Gasteiger partial charge in [0.05, 0.1) is 41.4 Å². The third-order valence-corrected chi connectivity index (χ3v) is 5.72. The fraction of sp³-hybridized carbons (Fsp3) is 0.174. The maximum atomic E-state index is 12.7. The van der Waals surface area contributed by atoms with Crippen LogP contribution in [0.1, 0.15) is 32.9 Å². The SMILES string of the molecule is Cc1nn(Cc2cccc(C(=O)Nc3cnn(Cc4cccc(Cl)c4)c3)c2)c(C)c1Cl. The number of aryl methyl sites for hydroxylation is 1. The molecule has 4 rings (SSSR count). The van der Waals surface area contributed by atoms with Crippen molar-refractivity contribution >= 4 is 34.8 Å². The van der Waals surface area contributed by atoms with Crippen molar-refractivity contribution in [1.82, 2.24) is 19.6 Å². The Bertz CT molecular complexity index is 1240. The van der Waals surface area contributed by atoms with Crippen LogP contribution in [0.4, 0.5) is 5.69 Å². The Hall–Kier alpha value is -3.09. The minimum Gasteiger partial charge on any atom is -0.319 e. The summed E-state index contributed by atoms with van der Waals surface area (Å²) in [4.78, 5) is 12.7. The molecule has 0 atom stereocenters. The van der Waals surface area contributed by atoms with Crippen LogP contribution in [0.5, 0.6) is 0 Å². The number of halogens is 2. The molecule has 0 aliphatic carbocycles. The van der Waals surface area contributed by atoms with Gasteiger partial charge in [0.25, 0.3) is 5.91 Å². The highest BCUT2D eigenvalue weighted by atomic mass is 35.5. The van der Waals surface area contributed by atoms with E-state index in [0.29, 0.717) is 34.4 Å². The number of rotatable bonds is 6. The van der Waals surface area contributed by atoms with E-state index in [9.17, 15) is 4.79 Å². The van der Waals surface area contributed by atoms with Gasteiger partial charge in [-0.25, -0.2) is 0 Å². The average molecular weight is 454 g/mol. The summed E-state index contributed by atoms with van der Waals surface area (Å²) >= 11 is 12.3. The first-order valence-electron chi connectivity index (χ1n) is 9.76. The number of hydrogen-bond donors (Lipinski definition) is 1. The topological polar surface area (TPSA) is 64.7 Å². The van der Waals surface area contributed by atoms with Gasteiger partial charge in [0.15, 0.2) is 0 Å². The Balaban J connectivity index is 1.44. The van der Waals surface area contributed by atoms with Gasteiger partial charge >= 0.3 is 0 Å². The van der Waals surface area contributed by atoms with Gasteiger partial charge in [-0.2, -0.15) is 10.2 Å². The van der Waals surface area contributed by atoms with Crippen molar-refractivity contribution in [1.29, 1.82) is 0 Å². The minimum atomic E-state index is -0.199. The summed E-state index contributed by atoms with van der Waals surface area (Å²) in [6, 6.07) is 15.1. The number of carbonyl (C=O) groups excluding carboxylic acids is 1. The zero-order chi connectivity index (χ0) is 22.0. The van der Waals surface area contributed by atoms with Crippen LogP contribution < -0.4 is 5.32 Å². The van der Waals surface area contributed by atoms with E-state index in [1.165, 1.54) is 0 Å². The molecule has 1 amide bonds. The maximum Gasteiger partial charge on any atom is 0.255 e. The molecule has 0 bridgehead atoms. The number of benzene rings is 2. The second-order valence-electron chi connectivity index (χ2n) is 7.35. The molecule has 2 aromatic heterocycles. The lowest BCUT2D eigenvalue weighted by Crippen LogP contribution is -2.12. The highest BCUT2D eigenvalue weighted by molar-refractivity contribution is 6.31. The summed E-state index contributed by atoms with van der Waals surface area (Å²) in [6.45, 7) is 4.91. The summed E-state index contributed by atoms with van der Waals surface area (Å²) < 4.78 is 3.60. The molecule has 2 heterocycles. The molecule has 6 nitrogen and oxygen atoms in total. The highest BCUT2D eigenvalue weighted by Crippen LogP contribution is 2.20. The van der Waals surface area contributed by atoms with Gasteiger partial charge in [-0.15, -0.1) is 0 Å². The van der Waals surface area contributed by atoms with Crippen molar-refractivity contribution in [2.24, 2.45) is 0 Å². The Morgan fingerprint density at radius 1 is 1.03 bits per heavy atom. The molecule has 4 aromatic rings. The van der Waals surface area contributed by atoms with Gasteiger partial charge in [0, 0.05) is 16.8 Å². The largest absolute Gasteiger partial charge is 0.319 e. The number of anilines is 1. The standard InChI is InChI=1S/C23H21Cl2N5O/c1-15-22(25)16(2)30(28-15)13-17-5-3-7-19(9-17)23(31)27-21-11-26-29(14-21)12-18-6-4-8-20(24)10-18/h3-11,14H,12-13H2,1-2H3,(H,27,31). The van der Waals surface area contributed by atoms with Gasteiger partial charge < -0.3 is 5.32 Å². The van der Waals surface area contributed by atoms with Crippen LogP contribution in [0, 0.1) is 13.8 Å². The number of hydrogen-bond acceptors (Lipinski definition) is 3. The molecular formula is C23H21Cl2N5O. The third kappa shape index (κ3) is 4.98. The molecule has 0 saturated carbocycles. The lowest BCUT2D eigenvalue weighted by atomic mass is 10.1. The zero-order valence-electron chi connectivity index (χ0n) is 17.1. The summed E-state index contributed by atoms with van der Waals surface area (Å²) in [5.41, 5.74) is 4.89. The van der Waals surface area contributed by atoms with Crippen LogP contribution in [-0.2, 0) is 13.1 Å². The van der Waals surface area contributed by atoms with Crippen LogP contribution >= 0.6 is 23.2 Å². The first kappa shape index (κ1) is 21.2. The molecule has 0 radical (unpaired) electrons. The molecule has 8 heteroatoms. The zero-order valence-corrected chi connectivity index (χ0v) is 18.7. The van der Waals surface area contributed by atoms with Crippen LogP contribution in [-0.4, -0.2) is 25.5 Å². The summed E-state index contributed by atoms with van der Waals surface area (Å²) in [5.74, 6) is -0.199. The fourth-order valence-corrected chi connectivity index (χ4v) is 3.70. The van der Waals surface area contributed by atoms with Crippen molar-refractivity contribution in [3.05, 3.63) is 99.0 Å². The smallest absolute Gasteiger partial charge is 0.255 e. The molecule has 1 N–H and O–H groups in total. The molecule has 31 heavy (non-hydrogen) atoms. The van der Waals surface area contributed by atoms with E-state index in [0.717, 1.165) is 22.5 Å². The van der Waals surface area contributed by atoms with Gasteiger partial charge in [-0.1, -0.05) is 47.5 Å². The lowest BCUT2D eigenvalue weighted by molar-refractivity contribution is 0.102. The Kier molecular flexibility index (Phi) is 6.11. The lowest BCUT2D eigenvalue weighted by Gasteiger charge is -2.08. The molecule has 0 aliphatic heterocycles. The van der Waals surface area contributed by atoms with Gasteiger partial charge in [-0.3, -0.25) is 14.2 Å². The molecule has 2 aromatic carbocycles. The van der Waals surface area contributed by atoms with Crippen molar-refractivity contribution in [2.45, 2.75) is 26.9 Å². The maximum absolute atomic E-state index is 12.7. The average Bonchev–Trinajstić information content (AvgIpc) is 3.27. The molecule has 0 fully saturated rings. The summed E-state index contributed by atoms with van der Waals surface area (Å²) in [7, 11) is 0. The predicted octanol–water partition coefficient (Wildman–Crippen LogP) is 5.35. The van der Waals surface area contributed by atoms with E-state index >= 15 is 0 Å². The second kappa shape index (κ2) is 8.96. The monoisotopic (exact) mass is 453 g/mol. The Morgan fingerprint density at radius 3 is 2.48 bits per heavy atom. The Labute approximate surface area is 190 Å². The van der Waals surface area contributed by atoms with Crippen molar-refractivity contribution in [3.63, 3.8) is 0 Å². The number of amides is 1. The van der Waals surface area contributed by atoms with E-state index < -0.39 is 0 Å². The van der Waals surface area contributed by atoms with E-state index in [1.807, 2.05) is 61.0 Å². The number of nitrogens with zero attached hydrogens (tertiary/aromatic N) is 4. The number of nitrogens with one attached hydrogen (secondary N) is 1. The fourth-order valence-electron chi connectivity index (χ4n) is 3.35. The molecule has 0 aliphatic rings. The summed E-state index contributed by atoms with van der Waals surface area (Å²) in [5, 5.41) is 13.0. The quantitative estimate of drug-likeness (QED) is 0.427. The van der Waals surface area contributed by atoms with E-state index in [1.54, 1.807) is 23.1 Å². The first-order chi connectivity index (χ1) is 14.9. The van der Waals surface area contributed by atoms with Crippen LogP contribution in [0.15, 0.2) is 60.9 Å². The van der Waals surface area contributed by atoms with Gasteiger partial charge in [0.1, 0.15) is 0 Å².